The third kappa shape index (κ3) is 5.22. The number of Topliss-reactive ketones (excluding diaryl/α,β-unsaturated/α-hetero) is 1. The molecule has 1 heterocycles. The Kier molecular flexibility index (Phi) is 7.15. The average Bonchev–Trinajstić information content (AvgIpc) is 3.11. The minimum Gasteiger partial charge on any atom is -0.493 e. The van der Waals surface area contributed by atoms with Gasteiger partial charge in [-0.2, -0.15) is 5.10 Å². The number of nitrogen functional groups attached to an aromatic ring is 1. The fourth-order valence-corrected chi connectivity index (χ4v) is 3.38. The van der Waals surface area contributed by atoms with E-state index in [2.05, 4.69) is 20.7 Å². The van der Waals surface area contributed by atoms with Crippen LogP contribution in [0.5, 0.6) is 11.5 Å². The number of benzene rings is 2. The first-order valence-electron chi connectivity index (χ1n) is 8.65. The molecule has 0 aliphatic carbocycles. The Morgan fingerprint density at radius 3 is 2.77 bits per heavy atom. The zero-order valence-electron chi connectivity index (χ0n) is 16.2. The number of rotatable bonds is 9. The summed E-state index contributed by atoms with van der Waals surface area (Å²) in [5.74, 6) is 7.26. The van der Waals surface area contributed by atoms with E-state index in [1.807, 2.05) is 12.1 Å². The lowest BCUT2D eigenvalue weighted by atomic mass is 10.1. The molecule has 0 fully saturated rings. The van der Waals surface area contributed by atoms with Gasteiger partial charge in [0.2, 0.25) is 5.16 Å². The topological polar surface area (TPSA) is 117 Å². The van der Waals surface area contributed by atoms with E-state index < -0.39 is 0 Å². The summed E-state index contributed by atoms with van der Waals surface area (Å²) < 4.78 is 11.6. The second kappa shape index (κ2) is 9.99. The molecule has 0 amide bonds. The Morgan fingerprint density at radius 2 is 2.03 bits per heavy atom. The van der Waals surface area contributed by atoms with E-state index >= 15 is 0 Å². The quantitative estimate of drug-likeness (QED) is 0.169. The third-order valence-electron chi connectivity index (χ3n) is 3.93. The second-order valence-electron chi connectivity index (χ2n) is 5.88. The molecule has 0 aliphatic heterocycles. The van der Waals surface area contributed by atoms with Crippen molar-refractivity contribution in [2.24, 2.45) is 5.10 Å². The number of carbonyl (C=O) groups excluding carboxylic acids is 1. The maximum atomic E-state index is 12.5. The van der Waals surface area contributed by atoms with Gasteiger partial charge in [-0.1, -0.05) is 35.5 Å². The molecular formula is C19H19ClN6O3S. The third-order valence-corrected chi connectivity index (χ3v) is 5.11. The Hall–Kier alpha value is -3.24. The molecule has 2 aromatic carbocycles. The van der Waals surface area contributed by atoms with Gasteiger partial charge in [0.25, 0.3) is 5.95 Å². The first-order valence-corrected chi connectivity index (χ1v) is 10.0. The molecule has 0 atom stereocenters. The van der Waals surface area contributed by atoms with Gasteiger partial charge < -0.3 is 15.3 Å². The van der Waals surface area contributed by atoms with E-state index in [0.717, 1.165) is 17.3 Å². The predicted octanol–water partition coefficient (Wildman–Crippen LogP) is 3.08. The lowest BCUT2D eigenvalue weighted by Crippen LogP contribution is -2.14. The molecule has 0 bridgehead atoms. The van der Waals surface area contributed by atoms with Crippen LogP contribution in [-0.2, 0) is 0 Å². The van der Waals surface area contributed by atoms with Gasteiger partial charge in [0.1, 0.15) is 0 Å². The Labute approximate surface area is 182 Å². The standard InChI is InChI=1S/C19H19ClN6O3S/c1-28-16-7-6-13(9-17(16)29-2)15(27)11-30-19-25-24-18(26(19)21)23-22-10-12-4-3-5-14(20)8-12/h3-10H,11,21H2,1-2H3,(H,23,24)/b22-10+. The largest absolute Gasteiger partial charge is 0.493 e. The van der Waals surface area contributed by atoms with Crippen molar-refractivity contribution in [2.45, 2.75) is 5.16 Å². The second-order valence-corrected chi connectivity index (χ2v) is 7.26. The van der Waals surface area contributed by atoms with Crippen LogP contribution < -0.4 is 20.7 Å². The number of thioether (sulfide) groups is 1. The molecule has 30 heavy (non-hydrogen) atoms. The number of carbonyl (C=O) groups is 1. The smallest absolute Gasteiger partial charge is 0.264 e. The summed E-state index contributed by atoms with van der Waals surface area (Å²) >= 11 is 7.09. The lowest BCUT2D eigenvalue weighted by Gasteiger charge is -2.09. The summed E-state index contributed by atoms with van der Waals surface area (Å²) in [6.07, 6.45) is 1.58. The molecule has 1 aromatic heterocycles. The number of methoxy groups -OCH3 is 2. The highest BCUT2D eigenvalue weighted by molar-refractivity contribution is 7.99. The number of nitrogens with zero attached hydrogens (tertiary/aromatic N) is 4. The fourth-order valence-electron chi connectivity index (χ4n) is 2.43. The number of aromatic nitrogens is 3. The molecule has 0 aliphatic rings. The van der Waals surface area contributed by atoms with E-state index in [1.54, 1.807) is 36.5 Å². The van der Waals surface area contributed by atoms with Crippen LogP contribution in [0, 0.1) is 0 Å². The maximum Gasteiger partial charge on any atom is 0.264 e. The number of nitrogens with two attached hydrogens (primary N) is 1. The van der Waals surface area contributed by atoms with Gasteiger partial charge in [-0.3, -0.25) is 4.79 Å². The highest BCUT2D eigenvalue weighted by Crippen LogP contribution is 2.28. The molecule has 9 nitrogen and oxygen atoms in total. The first kappa shape index (κ1) is 21.5. The number of nitrogens with one attached hydrogen (secondary N) is 1. The fraction of sp³-hybridized carbons (Fsp3) is 0.158. The first-order chi connectivity index (χ1) is 14.5. The maximum absolute atomic E-state index is 12.5. The number of hydrogen-bond donors (Lipinski definition) is 2. The van der Waals surface area contributed by atoms with Crippen LogP contribution in [-0.4, -0.2) is 46.8 Å². The van der Waals surface area contributed by atoms with Crippen molar-refractivity contribution in [3.05, 3.63) is 58.6 Å². The number of hydrazone groups is 1. The van der Waals surface area contributed by atoms with Crippen LogP contribution in [0.2, 0.25) is 5.02 Å². The number of hydrogen-bond acceptors (Lipinski definition) is 9. The zero-order valence-corrected chi connectivity index (χ0v) is 17.8. The Bertz CT molecular complexity index is 1070. The molecule has 0 unspecified atom stereocenters. The molecule has 0 spiro atoms. The van der Waals surface area contributed by atoms with Gasteiger partial charge >= 0.3 is 0 Å². The SMILES string of the molecule is COc1ccc(C(=O)CSc2nnc(N/N=C/c3cccc(Cl)c3)n2N)cc1OC. The van der Waals surface area contributed by atoms with Crippen molar-refractivity contribution in [1.82, 2.24) is 14.9 Å². The summed E-state index contributed by atoms with van der Waals surface area (Å²) in [6, 6.07) is 12.2. The van der Waals surface area contributed by atoms with Gasteiger partial charge in [-0.25, -0.2) is 10.1 Å². The number of anilines is 1. The van der Waals surface area contributed by atoms with Crippen molar-refractivity contribution < 1.29 is 14.3 Å². The monoisotopic (exact) mass is 446 g/mol. The highest BCUT2D eigenvalue weighted by atomic mass is 35.5. The highest BCUT2D eigenvalue weighted by Gasteiger charge is 2.15. The van der Waals surface area contributed by atoms with E-state index in [0.29, 0.717) is 27.2 Å². The van der Waals surface area contributed by atoms with Crippen LogP contribution in [0.15, 0.2) is 52.7 Å². The van der Waals surface area contributed by atoms with Crippen LogP contribution >= 0.6 is 23.4 Å². The summed E-state index contributed by atoms with van der Waals surface area (Å²) in [6.45, 7) is 0. The molecule has 0 saturated carbocycles. The Balaban J connectivity index is 1.60. The van der Waals surface area contributed by atoms with Crippen LogP contribution in [0.25, 0.3) is 0 Å². The van der Waals surface area contributed by atoms with Gasteiger partial charge in [0.05, 0.1) is 26.2 Å². The van der Waals surface area contributed by atoms with Crippen LogP contribution in [0.3, 0.4) is 0 Å². The predicted molar refractivity (Wildman–Crippen MR) is 117 cm³/mol. The average molecular weight is 447 g/mol. The number of ketones is 1. The van der Waals surface area contributed by atoms with Gasteiger partial charge in [-0.05, 0) is 35.9 Å². The molecule has 156 valence electrons. The number of halogens is 1. The van der Waals surface area contributed by atoms with Crippen molar-refractivity contribution in [2.75, 3.05) is 31.2 Å². The molecule has 11 heteroatoms. The summed E-state index contributed by atoms with van der Waals surface area (Å²) in [5, 5.41) is 13.0. The van der Waals surface area contributed by atoms with Crippen molar-refractivity contribution in [1.29, 1.82) is 0 Å². The molecule has 3 rings (SSSR count). The van der Waals surface area contributed by atoms with Gasteiger partial charge in [0, 0.05) is 10.6 Å². The molecule has 0 saturated heterocycles. The summed E-state index contributed by atoms with van der Waals surface area (Å²) in [7, 11) is 3.05. The lowest BCUT2D eigenvalue weighted by molar-refractivity contribution is 0.102. The van der Waals surface area contributed by atoms with E-state index in [1.165, 1.54) is 18.9 Å². The van der Waals surface area contributed by atoms with Gasteiger partial charge in [-0.15, -0.1) is 10.2 Å². The molecular weight excluding hydrogens is 428 g/mol. The molecule has 3 aromatic rings. The molecule has 0 radical (unpaired) electrons. The number of ether oxygens (including phenoxy) is 2. The van der Waals surface area contributed by atoms with Crippen molar-refractivity contribution >= 4 is 41.3 Å². The van der Waals surface area contributed by atoms with Crippen LogP contribution in [0.4, 0.5) is 5.95 Å². The van der Waals surface area contributed by atoms with Crippen molar-refractivity contribution in [3.63, 3.8) is 0 Å². The zero-order chi connectivity index (χ0) is 21.5. The molecule has 3 N–H and O–H groups in total. The van der Waals surface area contributed by atoms with E-state index in [9.17, 15) is 4.79 Å². The van der Waals surface area contributed by atoms with E-state index in [-0.39, 0.29) is 17.5 Å². The minimum absolute atomic E-state index is 0.113. The summed E-state index contributed by atoms with van der Waals surface area (Å²) in [5.41, 5.74) is 4.02. The van der Waals surface area contributed by atoms with E-state index in [4.69, 9.17) is 26.9 Å². The van der Waals surface area contributed by atoms with Gasteiger partial charge in [0.15, 0.2) is 17.3 Å². The van der Waals surface area contributed by atoms with Crippen LogP contribution in [0.1, 0.15) is 15.9 Å². The Morgan fingerprint density at radius 1 is 1.23 bits per heavy atom. The minimum atomic E-state index is -0.113. The van der Waals surface area contributed by atoms with Crippen molar-refractivity contribution in [3.8, 4) is 11.5 Å². The normalized spacial score (nSPS) is 10.9. The summed E-state index contributed by atoms with van der Waals surface area (Å²) in [4.78, 5) is 12.5.